The Morgan fingerprint density at radius 3 is 2.83 bits per heavy atom. The van der Waals surface area contributed by atoms with Crippen molar-refractivity contribution in [2.24, 2.45) is 17.8 Å². The summed E-state index contributed by atoms with van der Waals surface area (Å²) in [5.41, 5.74) is 0.780. The summed E-state index contributed by atoms with van der Waals surface area (Å²) in [6.45, 7) is 0. The summed E-state index contributed by atoms with van der Waals surface area (Å²) >= 11 is 3.39. The lowest BCUT2D eigenvalue weighted by Gasteiger charge is -2.20. The van der Waals surface area contributed by atoms with Crippen LogP contribution in [0.15, 0.2) is 22.7 Å². The highest BCUT2D eigenvalue weighted by Gasteiger charge is 2.42. The van der Waals surface area contributed by atoms with Gasteiger partial charge in [0.1, 0.15) is 11.6 Å². The van der Waals surface area contributed by atoms with E-state index < -0.39 is 0 Å². The number of benzene rings is 1. The Labute approximate surface area is 115 Å². The summed E-state index contributed by atoms with van der Waals surface area (Å²) in [7, 11) is 0. The maximum absolute atomic E-state index is 13.2. The van der Waals surface area contributed by atoms with Crippen LogP contribution in [0.3, 0.4) is 0 Å². The Morgan fingerprint density at radius 1 is 1.33 bits per heavy atom. The van der Waals surface area contributed by atoms with Gasteiger partial charge >= 0.3 is 0 Å². The molecule has 0 amide bonds. The van der Waals surface area contributed by atoms with Gasteiger partial charge in [-0.3, -0.25) is 4.79 Å². The number of hydrogen-bond acceptors (Lipinski definition) is 1. The van der Waals surface area contributed by atoms with Crippen LogP contribution in [0.2, 0.25) is 0 Å². The van der Waals surface area contributed by atoms with Crippen molar-refractivity contribution in [3.63, 3.8) is 0 Å². The monoisotopic (exact) mass is 310 g/mol. The number of fused-ring (bicyclic) bond motifs is 2. The van der Waals surface area contributed by atoms with E-state index in [2.05, 4.69) is 15.9 Å². The third-order valence-electron chi connectivity index (χ3n) is 4.52. The van der Waals surface area contributed by atoms with Crippen LogP contribution < -0.4 is 0 Å². The zero-order valence-corrected chi connectivity index (χ0v) is 11.7. The van der Waals surface area contributed by atoms with Gasteiger partial charge in [-0.15, -0.1) is 0 Å². The fourth-order valence-corrected chi connectivity index (χ4v) is 4.02. The first kappa shape index (κ1) is 12.3. The highest BCUT2D eigenvalue weighted by molar-refractivity contribution is 9.10. The smallest absolute Gasteiger partial charge is 0.140 e. The summed E-state index contributed by atoms with van der Waals surface area (Å²) in [6.07, 6.45) is 5.19. The highest BCUT2D eigenvalue weighted by atomic mass is 79.9. The number of rotatable bonds is 3. The summed E-state index contributed by atoms with van der Waals surface area (Å²) in [5.74, 6) is 1.65. The van der Waals surface area contributed by atoms with E-state index in [9.17, 15) is 9.18 Å². The van der Waals surface area contributed by atoms with E-state index in [0.717, 1.165) is 22.4 Å². The van der Waals surface area contributed by atoms with Gasteiger partial charge in [0.2, 0.25) is 0 Å². The fraction of sp³-hybridized carbons (Fsp3) is 0.533. The zero-order valence-electron chi connectivity index (χ0n) is 10.2. The van der Waals surface area contributed by atoms with Crippen LogP contribution >= 0.6 is 15.9 Å². The Hall–Kier alpha value is -0.700. The molecule has 0 spiro atoms. The molecule has 0 radical (unpaired) electrons. The van der Waals surface area contributed by atoms with Crippen LogP contribution in [0.4, 0.5) is 4.39 Å². The zero-order chi connectivity index (χ0) is 12.7. The van der Waals surface area contributed by atoms with E-state index in [1.807, 2.05) is 0 Å². The minimum absolute atomic E-state index is 0.235. The van der Waals surface area contributed by atoms with Crippen molar-refractivity contribution in [2.45, 2.75) is 32.1 Å². The lowest BCUT2D eigenvalue weighted by atomic mass is 9.83. The Bertz CT molecular complexity index is 485. The van der Waals surface area contributed by atoms with Gasteiger partial charge in [0.05, 0.1) is 0 Å². The molecule has 0 saturated heterocycles. The Balaban J connectivity index is 1.72. The Morgan fingerprint density at radius 2 is 2.17 bits per heavy atom. The number of Topliss-reactive ketones (excluding diaryl/α,β-unsaturated/α-hetero) is 1. The molecule has 3 rings (SSSR count). The van der Waals surface area contributed by atoms with E-state index in [4.69, 9.17) is 0 Å². The van der Waals surface area contributed by atoms with E-state index in [1.54, 1.807) is 6.07 Å². The average molecular weight is 311 g/mol. The van der Waals surface area contributed by atoms with Gasteiger partial charge in [0.25, 0.3) is 0 Å². The van der Waals surface area contributed by atoms with Gasteiger partial charge in [0.15, 0.2) is 0 Å². The van der Waals surface area contributed by atoms with E-state index >= 15 is 0 Å². The number of carbonyl (C=O) groups excluding carboxylic acids is 1. The predicted molar refractivity (Wildman–Crippen MR) is 71.7 cm³/mol. The first-order chi connectivity index (χ1) is 8.63. The molecule has 1 aromatic rings. The van der Waals surface area contributed by atoms with Crippen LogP contribution in [0.5, 0.6) is 0 Å². The summed E-state index contributed by atoms with van der Waals surface area (Å²) < 4.78 is 14.0. The maximum Gasteiger partial charge on any atom is 0.140 e. The molecule has 0 aromatic heterocycles. The van der Waals surface area contributed by atoms with Crippen molar-refractivity contribution in [3.8, 4) is 0 Å². The SMILES string of the molecule is O=C(Cc1cc(F)ccc1Br)C1CC2CCC1C2. The molecule has 3 unspecified atom stereocenters. The average Bonchev–Trinajstić information content (AvgIpc) is 2.96. The van der Waals surface area contributed by atoms with Crippen molar-refractivity contribution < 1.29 is 9.18 Å². The summed E-state index contributed by atoms with van der Waals surface area (Å²) in [5, 5.41) is 0. The first-order valence-corrected chi connectivity index (χ1v) is 7.39. The standard InChI is InChI=1S/C15H16BrFO/c16-14-4-3-12(17)7-11(14)8-15(18)13-6-9-1-2-10(13)5-9/h3-4,7,9-10,13H,1-2,5-6,8H2. The van der Waals surface area contributed by atoms with Crippen LogP contribution in [-0.4, -0.2) is 5.78 Å². The molecule has 96 valence electrons. The maximum atomic E-state index is 13.2. The Kier molecular flexibility index (Phi) is 3.27. The number of hydrogen-bond donors (Lipinski definition) is 0. The van der Waals surface area contributed by atoms with Crippen LogP contribution in [-0.2, 0) is 11.2 Å². The van der Waals surface area contributed by atoms with Gasteiger partial charge in [-0.1, -0.05) is 22.4 Å². The molecular weight excluding hydrogens is 295 g/mol. The molecule has 1 nitrogen and oxygen atoms in total. The predicted octanol–water partition coefficient (Wildman–Crippen LogP) is 4.14. The van der Waals surface area contributed by atoms with Crippen molar-refractivity contribution in [1.82, 2.24) is 0 Å². The number of carbonyl (C=O) groups is 1. The highest BCUT2D eigenvalue weighted by Crippen LogP contribution is 2.48. The van der Waals surface area contributed by atoms with E-state index in [0.29, 0.717) is 18.1 Å². The van der Waals surface area contributed by atoms with Crippen molar-refractivity contribution in [3.05, 3.63) is 34.1 Å². The van der Waals surface area contributed by atoms with Gasteiger partial charge in [-0.2, -0.15) is 0 Å². The second-order valence-electron chi connectivity index (χ2n) is 5.66. The summed E-state index contributed by atoms with van der Waals surface area (Å²) in [4.78, 5) is 12.3. The molecular formula is C15H16BrFO. The molecule has 0 N–H and O–H groups in total. The molecule has 0 aliphatic heterocycles. The number of halogens is 2. The molecule has 18 heavy (non-hydrogen) atoms. The van der Waals surface area contributed by atoms with Gasteiger partial charge in [-0.25, -0.2) is 4.39 Å². The van der Waals surface area contributed by atoms with Crippen molar-refractivity contribution in [2.75, 3.05) is 0 Å². The minimum Gasteiger partial charge on any atom is -0.299 e. The third kappa shape index (κ3) is 2.25. The van der Waals surface area contributed by atoms with Crippen LogP contribution in [0.1, 0.15) is 31.2 Å². The van der Waals surface area contributed by atoms with Crippen molar-refractivity contribution in [1.29, 1.82) is 0 Å². The quantitative estimate of drug-likeness (QED) is 0.820. The molecule has 2 saturated carbocycles. The largest absolute Gasteiger partial charge is 0.299 e. The molecule has 2 bridgehead atoms. The molecule has 3 heteroatoms. The molecule has 0 heterocycles. The lowest BCUT2D eigenvalue weighted by molar-refractivity contribution is -0.123. The van der Waals surface area contributed by atoms with Gasteiger partial charge in [0, 0.05) is 16.8 Å². The normalized spacial score (nSPS) is 29.8. The third-order valence-corrected chi connectivity index (χ3v) is 5.30. The van der Waals surface area contributed by atoms with Gasteiger partial charge < -0.3 is 0 Å². The molecule has 3 atom stereocenters. The van der Waals surface area contributed by atoms with E-state index in [-0.39, 0.29) is 11.7 Å². The topological polar surface area (TPSA) is 17.1 Å². The second kappa shape index (κ2) is 4.76. The van der Waals surface area contributed by atoms with Gasteiger partial charge in [-0.05, 0) is 54.9 Å². The first-order valence-electron chi connectivity index (χ1n) is 6.60. The minimum atomic E-state index is -0.269. The van der Waals surface area contributed by atoms with E-state index in [1.165, 1.54) is 31.4 Å². The number of ketones is 1. The molecule has 1 aromatic carbocycles. The van der Waals surface area contributed by atoms with Crippen LogP contribution in [0.25, 0.3) is 0 Å². The molecule has 2 aliphatic carbocycles. The lowest BCUT2D eigenvalue weighted by Crippen LogP contribution is -2.22. The second-order valence-corrected chi connectivity index (χ2v) is 6.51. The van der Waals surface area contributed by atoms with Crippen LogP contribution in [0, 0.1) is 23.6 Å². The summed E-state index contributed by atoms with van der Waals surface area (Å²) in [6, 6.07) is 4.56. The van der Waals surface area contributed by atoms with Crippen molar-refractivity contribution >= 4 is 21.7 Å². The fourth-order valence-electron chi connectivity index (χ4n) is 3.64. The molecule has 2 aliphatic rings. The molecule has 2 fully saturated rings.